The Balaban J connectivity index is 2.30. The van der Waals surface area contributed by atoms with Crippen LogP contribution in [-0.4, -0.2) is 38.4 Å². The second-order valence-electron chi connectivity index (χ2n) is 5.72. The average Bonchev–Trinajstić information content (AvgIpc) is 2.53. The third kappa shape index (κ3) is 2.55. The molecule has 0 aliphatic rings. The van der Waals surface area contributed by atoms with Crippen molar-refractivity contribution in [1.29, 1.82) is 0 Å². The molecule has 3 aromatic rings. The maximum absolute atomic E-state index is 12.6. The van der Waals surface area contributed by atoms with E-state index in [0.717, 1.165) is 32.9 Å². The summed E-state index contributed by atoms with van der Waals surface area (Å²) >= 11 is 0. The van der Waals surface area contributed by atoms with Crippen LogP contribution in [0.3, 0.4) is 0 Å². The highest BCUT2D eigenvalue weighted by Crippen LogP contribution is 2.31. The highest BCUT2D eigenvalue weighted by Gasteiger charge is 2.14. The van der Waals surface area contributed by atoms with Crippen LogP contribution in [-0.2, 0) is 0 Å². The summed E-state index contributed by atoms with van der Waals surface area (Å²) in [5.41, 5.74) is 0.780. The van der Waals surface area contributed by atoms with E-state index < -0.39 is 0 Å². The molecule has 3 aromatic carbocycles. The first-order chi connectivity index (χ1) is 10.6. The predicted molar refractivity (Wildman–Crippen MR) is 90.9 cm³/mol. The first kappa shape index (κ1) is 14.5. The zero-order chi connectivity index (χ0) is 15.7. The third-order valence-electron chi connectivity index (χ3n) is 3.83. The number of hydrogen-bond donors (Lipinski definition) is 0. The number of ketones is 1. The largest absolute Gasteiger partial charge is 0.497 e. The van der Waals surface area contributed by atoms with Crippen molar-refractivity contribution in [1.82, 2.24) is 4.90 Å². The van der Waals surface area contributed by atoms with E-state index in [0.29, 0.717) is 6.54 Å². The molecule has 0 bridgehead atoms. The van der Waals surface area contributed by atoms with Gasteiger partial charge in [0.15, 0.2) is 5.78 Å². The van der Waals surface area contributed by atoms with Crippen LogP contribution in [0.2, 0.25) is 0 Å². The van der Waals surface area contributed by atoms with Crippen LogP contribution in [0.1, 0.15) is 10.4 Å². The van der Waals surface area contributed by atoms with E-state index in [-0.39, 0.29) is 5.78 Å². The normalized spacial score (nSPS) is 11.3. The van der Waals surface area contributed by atoms with Crippen molar-refractivity contribution < 1.29 is 9.53 Å². The van der Waals surface area contributed by atoms with Gasteiger partial charge in [0.25, 0.3) is 0 Å². The first-order valence-corrected chi connectivity index (χ1v) is 7.27. The molecule has 0 radical (unpaired) electrons. The number of rotatable bonds is 4. The summed E-state index contributed by atoms with van der Waals surface area (Å²) in [6.07, 6.45) is 0. The molecule has 0 saturated heterocycles. The fourth-order valence-corrected chi connectivity index (χ4v) is 2.81. The van der Waals surface area contributed by atoms with Gasteiger partial charge < -0.3 is 9.64 Å². The summed E-state index contributed by atoms with van der Waals surface area (Å²) in [6.45, 7) is 0.408. The number of benzene rings is 3. The number of carbonyl (C=O) groups is 1. The predicted octanol–water partition coefficient (Wildman–Crippen LogP) is 3.75. The fraction of sp³-hybridized carbons (Fsp3) is 0.211. The number of methoxy groups -OCH3 is 1. The third-order valence-corrected chi connectivity index (χ3v) is 3.83. The topological polar surface area (TPSA) is 29.5 Å². The van der Waals surface area contributed by atoms with Crippen LogP contribution in [0.4, 0.5) is 0 Å². The van der Waals surface area contributed by atoms with E-state index in [1.807, 2.05) is 61.5 Å². The molecule has 22 heavy (non-hydrogen) atoms. The average molecular weight is 293 g/mol. The summed E-state index contributed by atoms with van der Waals surface area (Å²) < 4.78 is 5.33. The zero-order valence-corrected chi connectivity index (χ0v) is 13.1. The molecule has 0 fully saturated rings. The molecule has 0 unspecified atom stereocenters. The zero-order valence-electron chi connectivity index (χ0n) is 13.1. The molecule has 0 N–H and O–H groups in total. The van der Waals surface area contributed by atoms with Gasteiger partial charge in [-0.15, -0.1) is 0 Å². The smallest absolute Gasteiger partial charge is 0.177 e. The number of hydrogen-bond acceptors (Lipinski definition) is 3. The van der Waals surface area contributed by atoms with Crippen LogP contribution in [0, 0.1) is 0 Å². The van der Waals surface area contributed by atoms with Crippen molar-refractivity contribution in [3.63, 3.8) is 0 Å². The lowest BCUT2D eigenvalue weighted by Gasteiger charge is -2.13. The van der Waals surface area contributed by atoms with Crippen LogP contribution in [0.25, 0.3) is 21.5 Å². The van der Waals surface area contributed by atoms with E-state index in [2.05, 4.69) is 6.07 Å². The molecule has 0 aliphatic heterocycles. The van der Waals surface area contributed by atoms with Crippen LogP contribution in [0.5, 0.6) is 5.75 Å². The minimum Gasteiger partial charge on any atom is -0.497 e. The van der Waals surface area contributed by atoms with Crippen LogP contribution >= 0.6 is 0 Å². The van der Waals surface area contributed by atoms with Crippen LogP contribution < -0.4 is 4.74 Å². The maximum Gasteiger partial charge on any atom is 0.177 e. The molecular weight excluding hydrogens is 274 g/mol. The van der Waals surface area contributed by atoms with E-state index >= 15 is 0 Å². The maximum atomic E-state index is 12.6. The van der Waals surface area contributed by atoms with Crippen molar-refractivity contribution in [2.45, 2.75) is 0 Å². The molecule has 0 aromatic heterocycles. The van der Waals surface area contributed by atoms with Gasteiger partial charge in [-0.05, 0) is 53.8 Å². The number of ether oxygens (including phenoxy) is 1. The minimum atomic E-state index is 0.138. The van der Waals surface area contributed by atoms with Gasteiger partial charge in [0.1, 0.15) is 5.75 Å². The molecular formula is C19H19NO2. The van der Waals surface area contributed by atoms with Gasteiger partial charge in [0.2, 0.25) is 0 Å². The van der Waals surface area contributed by atoms with Crippen LogP contribution in [0.15, 0.2) is 48.5 Å². The lowest BCUT2D eigenvalue weighted by Crippen LogP contribution is -2.21. The second kappa shape index (κ2) is 5.78. The van der Waals surface area contributed by atoms with E-state index in [9.17, 15) is 4.79 Å². The molecule has 0 heterocycles. The van der Waals surface area contributed by atoms with Gasteiger partial charge in [-0.1, -0.05) is 30.3 Å². The summed E-state index contributed by atoms with van der Waals surface area (Å²) in [4.78, 5) is 14.5. The Morgan fingerprint density at radius 2 is 1.73 bits per heavy atom. The standard InChI is InChI=1S/C19H19NO2/c1-20(2)12-19(21)18-10-13-8-9-14(22-3)11-17(13)15-6-4-5-7-16(15)18/h4-11H,12H2,1-3H3. The van der Waals surface area contributed by atoms with Gasteiger partial charge in [-0.25, -0.2) is 0 Å². The van der Waals surface area contributed by atoms with Gasteiger partial charge in [0, 0.05) is 5.56 Å². The van der Waals surface area contributed by atoms with Crippen molar-refractivity contribution in [3.05, 3.63) is 54.1 Å². The van der Waals surface area contributed by atoms with Gasteiger partial charge >= 0.3 is 0 Å². The SMILES string of the molecule is COc1ccc2cc(C(=O)CN(C)C)c3ccccc3c2c1. The number of carbonyl (C=O) groups excluding carboxylic acids is 1. The number of nitrogens with zero attached hydrogens (tertiary/aromatic N) is 1. The Kier molecular flexibility index (Phi) is 3.82. The lowest BCUT2D eigenvalue weighted by atomic mass is 9.95. The molecule has 112 valence electrons. The highest BCUT2D eigenvalue weighted by molar-refractivity contribution is 6.18. The van der Waals surface area contributed by atoms with Crippen molar-refractivity contribution >= 4 is 27.3 Å². The quantitative estimate of drug-likeness (QED) is 0.542. The molecule has 0 atom stereocenters. The van der Waals surface area contributed by atoms with Gasteiger partial charge in [-0.2, -0.15) is 0 Å². The highest BCUT2D eigenvalue weighted by atomic mass is 16.5. The summed E-state index contributed by atoms with van der Waals surface area (Å²) in [6, 6.07) is 16.0. The Labute approximate surface area is 130 Å². The summed E-state index contributed by atoms with van der Waals surface area (Å²) in [5.74, 6) is 0.962. The Morgan fingerprint density at radius 1 is 1.00 bits per heavy atom. The molecule has 0 spiro atoms. The Morgan fingerprint density at radius 3 is 2.41 bits per heavy atom. The first-order valence-electron chi connectivity index (χ1n) is 7.27. The van der Waals surface area contributed by atoms with Gasteiger partial charge in [-0.3, -0.25) is 4.79 Å². The summed E-state index contributed by atoms with van der Waals surface area (Å²) in [5, 5.41) is 4.24. The molecule has 0 aliphatic carbocycles. The van der Waals surface area contributed by atoms with E-state index in [4.69, 9.17) is 4.74 Å². The molecule has 0 amide bonds. The monoisotopic (exact) mass is 293 g/mol. The van der Waals surface area contributed by atoms with Crippen molar-refractivity contribution in [2.75, 3.05) is 27.7 Å². The molecule has 0 saturated carbocycles. The number of Topliss-reactive ketones (excluding diaryl/α,β-unsaturated/α-hetero) is 1. The molecule has 3 rings (SSSR count). The van der Waals surface area contributed by atoms with E-state index in [1.54, 1.807) is 7.11 Å². The lowest BCUT2D eigenvalue weighted by molar-refractivity contribution is 0.0959. The summed E-state index contributed by atoms with van der Waals surface area (Å²) in [7, 11) is 5.48. The number of fused-ring (bicyclic) bond motifs is 3. The second-order valence-corrected chi connectivity index (χ2v) is 5.72. The van der Waals surface area contributed by atoms with Crippen molar-refractivity contribution in [2.24, 2.45) is 0 Å². The molecule has 3 heteroatoms. The molecule has 3 nitrogen and oxygen atoms in total. The van der Waals surface area contributed by atoms with Gasteiger partial charge in [0.05, 0.1) is 13.7 Å². The fourth-order valence-electron chi connectivity index (χ4n) is 2.81. The minimum absolute atomic E-state index is 0.138. The number of likely N-dealkylation sites (N-methyl/N-ethyl adjacent to an activating group) is 1. The Hall–Kier alpha value is -2.39. The van der Waals surface area contributed by atoms with E-state index in [1.165, 1.54) is 0 Å². The Bertz CT molecular complexity index is 853. The van der Waals surface area contributed by atoms with Crippen molar-refractivity contribution in [3.8, 4) is 5.75 Å².